The van der Waals surface area contributed by atoms with Crippen LogP contribution in [0.3, 0.4) is 0 Å². The fourth-order valence-corrected chi connectivity index (χ4v) is 1.50. The quantitative estimate of drug-likeness (QED) is 0.821. The first kappa shape index (κ1) is 14.2. The number of phenols is 1. The summed E-state index contributed by atoms with van der Waals surface area (Å²) in [5.41, 5.74) is 4.47. The first-order valence-corrected chi connectivity index (χ1v) is 5.05. The van der Waals surface area contributed by atoms with Crippen molar-refractivity contribution in [2.24, 2.45) is 5.73 Å². The molecular weight excluding hydrogens is 313 g/mol. The fraction of sp³-hybridized carbons (Fsp3) is 0.333. The monoisotopic (exact) mass is 319 g/mol. The molecule has 0 amide bonds. The van der Waals surface area contributed by atoms with Crippen LogP contribution in [-0.4, -0.2) is 17.2 Å². The fourth-order valence-electron chi connectivity index (χ4n) is 1.10. The largest absolute Gasteiger partial charge is 0.507 e. The third-order valence-corrected chi connectivity index (χ3v) is 2.73. The molecule has 8 heteroatoms. The smallest absolute Gasteiger partial charge is 0.455 e. The Bertz CT molecular complexity index is 420. The molecule has 0 aliphatic heterocycles. The van der Waals surface area contributed by atoms with Gasteiger partial charge in [-0.15, -0.1) is 0 Å². The summed E-state index contributed by atoms with van der Waals surface area (Å²) in [6, 6.07) is 0.273. The molecule has 0 saturated carbocycles. The average Bonchev–Trinajstić information content (AvgIpc) is 2.19. The van der Waals surface area contributed by atoms with Crippen LogP contribution in [0.15, 0.2) is 22.7 Å². The zero-order valence-electron chi connectivity index (χ0n) is 8.10. The maximum absolute atomic E-state index is 12.9. The Kier molecular flexibility index (Phi) is 3.68. The molecule has 1 atom stereocenters. The summed E-state index contributed by atoms with van der Waals surface area (Å²) in [7, 11) is 0. The number of nitrogens with two attached hydrogens (primary N) is 1. The summed E-state index contributed by atoms with van der Waals surface area (Å²) >= 11 is 2.80. The highest BCUT2D eigenvalue weighted by Crippen LogP contribution is 2.44. The number of hydrogen-bond acceptors (Lipinski definition) is 2. The third-order valence-electron chi connectivity index (χ3n) is 2.10. The van der Waals surface area contributed by atoms with Crippen molar-refractivity contribution < 1.29 is 27.1 Å². The second kappa shape index (κ2) is 4.41. The van der Waals surface area contributed by atoms with Crippen LogP contribution in [0.4, 0.5) is 22.0 Å². The number of alkyl halides is 5. The van der Waals surface area contributed by atoms with Crippen molar-refractivity contribution in [2.75, 3.05) is 0 Å². The Morgan fingerprint density at radius 2 is 1.71 bits per heavy atom. The highest BCUT2D eigenvalue weighted by molar-refractivity contribution is 9.10. The van der Waals surface area contributed by atoms with Gasteiger partial charge >= 0.3 is 12.1 Å². The lowest BCUT2D eigenvalue weighted by molar-refractivity contribution is -0.291. The molecule has 0 aliphatic rings. The van der Waals surface area contributed by atoms with Gasteiger partial charge in [-0.3, -0.25) is 0 Å². The van der Waals surface area contributed by atoms with E-state index in [1.807, 2.05) is 0 Å². The van der Waals surface area contributed by atoms with E-state index in [1.54, 1.807) is 0 Å². The Balaban J connectivity index is 3.12. The minimum Gasteiger partial charge on any atom is -0.507 e. The summed E-state index contributed by atoms with van der Waals surface area (Å²) in [6.07, 6.45) is -5.73. The molecule has 1 aromatic carbocycles. The van der Waals surface area contributed by atoms with Crippen molar-refractivity contribution in [1.29, 1.82) is 0 Å². The van der Waals surface area contributed by atoms with Crippen molar-refractivity contribution in [3.63, 3.8) is 0 Å². The Morgan fingerprint density at radius 3 is 2.12 bits per heavy atom. The zero-order valence-corrected chi connectivity index (χ0v) is 9.69. The van der Waals surface area contributed by atoms with Gasteiger partial charge in [0.2, 0.25) is 0 Å². The number of hydrogen-bond donors (Lipinski definition) is 2. The lowest BCUT2D eigenvalue weighted by atomic mass is 10.0. The maximum Gasteiger partial charge on any atom is 0.455 e. The van der Waals surface area contributed by atoms with Crippen molar-refractivity contribution in [1.82, 2.24) is 0 Å². The Morgan fingerprint density at radius 1 is 1.18 bits per heavy atom. The molecule has 3 N–H and O–H groups in total. The van der Waals surface area contributed by atoms with Gasteiger partial charge in [0, 0.05) is 0 Å². The minimum atomic E-state index is -5.73. The molecule has 0 spiro atoms. The van der Waals surface area contributed by atoms with Gasteiger partial charge in [-0.1, -0.05) is 6.07 Å². The van der Waals surface area contributed by atoms with Crippen molar-refractivity contribution in [3.8, 4) is 5.75 Å². The van der Waals surface area contributed by atoms with Gasteiger partial charge in [0.05, 0.1) is 4.47 Å². The van der Waals surface area contributed by atoms with E-state index in [0.717, 1.165) is 18.2 Å². The zero-order chi connectivity index (χ0) is 13.4. The molecule has 1 aromatic rings. The first-order valence-electron chi connectivity index (χ1n) is 4.26. The van der Waals surface area contributed by atoms with E-state index in [1.165, 1.54) is 0 Å². The predicted octanol–water partition coefficient (Wildman–Crippen LogP) is 3.35. The van der Waals surface area contributed by atoms with Crippen LogP contribution in [0.2, 0.25) is 0 Å². The molecule has 0 fully saturated rings. The molecule has 96 valence electrons. The number of halogens is 6. The molecule has 17 heavy (non-hydrogen) atoms. The normalized spacial score (nSPS) is 14.8. The molecule has 2 nitrogen and oxygen atoms in total. The lowest BCUT2D eigenvalue weighted by Gasteiger charge is -2.26. The van der Waals surface area contributed by atoms with E-state index in [2.05, 4.69) is 15.9 Å². The van der Waals surface area contributed by atoms with Crippen LogP contribution >= 0.6 is 15.9 Å². The van der Waals surface area contributed by atoms with Crippen LogP contribution in [0, 0.1) is 0 Å². The van der Waals surface area contributed by atoms with Gasteiger partial charge in [-0.25, -0.2) is 0 Å². The van der Waals surface area contributed by atoms with Gasteiger partial charge in [0.25, 0.3) is 0 Å². The Labute approximate surface area is 101 Å². The van der Waals surface area contributed by atoms with Crippen LogP contribution in [0.1, 0.15) is 11.6 Å². The van der Waals surface area contributed by atoms with Gasteiger partial charge in [0.15, 0.2) is 0 Å². The predicted molar refractivity (Wildman–Crippen MR) is 53.7 cm³/mol. The molecule has 0 aromatic heterocycles. The van der Waals surface area contributed by atoms with Crippen LogP contribution in [0.25, 0.3) is 0 Å². The van der Waals surface area contributed by atoms with Crippen LogP contribution in [0.5, 0.6) is 5.75 Å². The number of aromatic hydroxyl groups is 1. The molecule has 0 bridgehead atoms. The average molecular weight is 320 g/mol. The van der Waals surface area contributed by atoms with Crippen molar-refractivity contribution >= 4 is 15.9 Å². The van der Waals surface area contributed by atoms with E-state index in [4.69, 9.17) is 10.8 Å². The molecule has 0 unspecified atom stereocenters. The SMILES string of the molecule is N[C@@H](c1ccc(O)c(Br)c1)C(F)(F)C(F)(F)F. The summed E-state index contributed by atoms with van der Waals surface area (Å²) in [5, 5.41) is 9.09. The molecule has 0 radical (unpaired) electrons. The molecule has 0 heterocycles. The Hall–Kier alpha value is -0.890. The van der Waals surface area contributed by atoms with E-state index in [9.17, 15) is 22.0 Å². The van der Waals surface area contributed by atoms with E-state index in [0.29, 0.717) is 0 Å². The second-order valence-corrected chi connectivity index (χ2v) is 4.16. The number of rotatable bonds is 2. The van der Waals surface area contributed by atoms with Gasteiger partial charge < -0.3 is 10.8 Å². The molecular formula is C9H7BrF5NO. The summed E-state index contributed by atoms with van der Waals surface area (Å²) in [4.78, 5) is 0. The maximum atomic E-state index is 12.9. The first-order chi connectivity index (χ1) is 7.57. The van der Waals surface area contributed by atoms with E-state index < -0.39 is 23.7 Å². The number of phenolic OH excluding ortho intramolecular Hbond substituents is 1. The molecule has 1 rings (SSSR count). The van der Waals surface area contributed by atoms with Crippen molar-refractivity contribution in [2.45, 2.75) is 18.1 Å². The van der Waals surface area contributed by atoms with E-state index in [-0.39, 0.29) is 10.2 Å². The number of benzene rings is 1. The van der Waals surface area contributed by atoms with Gasteiger partial charge in [-0.05, 0) is 33.6 Å². The van der Waals surface area contributed by atoms with Crippen LogP contribution < -0.4 is 5.73 Å². The minimum absolute atomic E-state index is 0.0107. The molecule has 0 saturated heterocycles. The lowest BCUT2D eigenvalue weighted by Crippen LogP contribution is -2.45. The summed E-state index contributed by atoms with van der Waals surface area (Å²) in [6.45, 7) is 0. The second-order valence-electron chi connectivity index (χ2n) is 3.31. The third kappa shape index (κ3) is 2.68. The summed E-state index contributed by atoms with van der Waals surface area (Å²) < 4.78 is 62.0. The highest BCUT2D eigenvalue weighted by atomic mass is 79.9. The van der Waals surface area contributed by atoms with Crippen molar-refractivity contribution in [3.05, 3.63) is 28.2 Å². The van der Waals surface area contributed by atoms with Gasteiger partial charge in [0.1, 0.15) is 11.8 Å². The standard InChI is InChI=1S/C9H7BrF5NO/c10-5-3-4(1-2-6(5)17)7(16)8(11,12)9(13,14)15/h1-3,7,17H,16H2/t7-/m0/s1. The topological polar surface area (TPSA) is 46.2 Å². The van der Waals surface area contributed by atoms with Gasteiger partial charge in [-0.2, -0.15) is 22.0 Å². The van der Waals surface area contributed by atoms with E-state index >= 15 is 0 Å². The molecule has 0 aliphatic carbocycles. The summed E-state index contributed by atoms with van der Waals surface area (Å²) in [5.74, 6) is -5.32. The van der Waals surface area contributed by atoms with Crippen LogP contribution in [-0.2, 0) is 0 Å². The highest BCUT2D eigenvalue weighted by Gasteiger charge is 2.61.